The van der Waals surface area contributed by atoms with Crippen molar-refractivity contribution in [3.8, 4) is 0 Å². The molecule has 3 unspecified atom stereocenters. The van der Waals surface area contributed by atoms with Crippen molar-refractivity contribution in [1.29, 1.82) is 0 Å². The van der Waals surface area contributed by atoms with Gasteiger partial charge in [-0.25, -0.2) is 0 Å². The third kappa shape index (κ3) is 2.85. The quantitative estimate of drug-likeness (QED) is 0.901. The van der Waals surface area contributed by atoms with Crippen molar-refractivity contribution in [2.24, 2.45) is 11.8 Å². The van der Waals surface area contributed by atoms with Crippen LogP contribution in [0.5, 0.6) is 0 Å². The first-order valence-electron chi connectivity index (χ1n) is 7.69. The summed E-state index contributed by atoms with van der Waals surface area (Å²) in [6.07, 6.45) is 2.96. The molecule has 0 saturated carbocycles. The summed E-state index contributed by atoms with van der Waals surface area (Å²) < 4.78 is 0. The number of nitrogens with zero attached hydrogens (tertiary/aromatic N) is 1. The van der Waals surface area contributed by atoms with E-state index in [4.69, 9.17) is 11.6 Å². The fourth-order valence-electron chi connectivity index (χ4n) is 3.75. The summed E-state index contributed by atoms with van der Waals surface area (Å²) in [5, 5.41) is 11.3. The van der Waals surface area contributed by atoms with Crippen LogP contribution in [0.15, 0.2) is 24.4 Å². The summed E-state index contributed by atoms with van der Waals surface area (Å²) in [7, 11) is 0. The topological polar surface area (TPSA) is 56.3 Å². The lowest BCUT2D eigenvalue weighted by Gasteiger charge is -2.38. The van der Waals surface area contributed by atoms with E-state index in [-0.39, 0.29) is 0 Å². The van der Waals surface area contributed by atoms with Gasteiger partial charge in [0.05, 0.1) is 0 Å². The molecule has 0 amide bonds. The number of carbonyl (C=O) groups is 1. The third-order valence-corrected chi connectivity index (χ3v) is 4.70. The number of halogens is 1. The van der Waals surface area contributed by atoms with E-state index in [1.165, 1.54) is 0 Å². The van der Waals surface area contributed by atoms with E-state index in [0.717, 1.165) is 36.0 Å². The van der Waals surface area contributed by atoms with Crippen LogP contribution in [0.2, 0.25) is 5.02 Å². The van der Waals surface area contributed by atoms with Gasteiger partial charge in [0.2, 0.25) is 0 Å². The molecule has 1 saturated heterocycles. The maximum Gasteiger partial charge on any atom is 0.325 e. The highest BCUT2D eigenvalue weighted by atomic mass is 35.5. The molecule has 1 aromatic heterocycles. The van der Waals surface area contributed by atoms with Crippen molar-refractivity contribution >= 4 is 28.5 Å². The van der Waals surface area contributed by atoms with Gasteiger partial charge in [-0.3, -0.25) is 9.69 Å². The average molecular weight is 321 g/mol. The van der Waals surface area contributed by atoms with Gasteiger partial charge < -0.3 is 10.1 Å². The Bertz CT molecular complexity index is 687. The summed E-state index contributed by atoms with van der Waals surface area (Å²) in [6, 6.07) is 4.92. The Morgan fingerprint density at radius 1 is 1.36 bits per heavy atom. The van der Waals surface area contributed by atoms with Crippen LogP contribution in [0.1, 0.15) is 31.9 Å². The van der Waals surface area contributed by atoms with Crippen molar-refractivity contribution in [3.05, 3.63) is 35.0 Å². The molecule has 2 aromatic rings. The van der Waals surface area contributed by atoms with Gasteiger partial charge in [0, 0.05) is 40.8 Å². The number of aromatic nitrogens is 1. The lowest BCUT2D eigenvalue weighted by Crippen LogP contribution is -2.43. The van der Waals surface area contributed by atoms with Crippen LogP contribution in [0, 0.1) is 11.8 Å². The second-order valence-electron chi connectivity index (χ2n) is 6.57. The van der Waals surface area contributed by atoms with Gasteiger partial charge in [0.15, 0.2) is 0 Å². The van der Waals surface area contributed by atoms with E-state index >= 15 is 0 Å². The maximum atomic E-state index is 12.0. The van der Waals surface area contributed by atoms with Gasteiger partial charge >= 0.3 is 5.97 Å². The van der Waals surface area contributed by atoms with Gasteiger partial charge in [-0.15, -0.1) is 0 Å². The van der Waals surface area contributed by atoms with Gasteiger partial charge in [-0.1, -0.05) is 25.4 Å². The number of H-pyrrole nitrogens is 1. The monoisotopic (exact) mass is 320 g/mol. The first-order chi connectivity index (χ1) is 10.5. The summed E-state index contributed by atoms with van der Waals surface area (Å²) in [6.45, 7) is 6.00. The number of carboxylic acids is 1. The molecule has 0 radical (unpaired) electrons. The smallest absolute Gasteiger partial charge is 0.325 e. The fourth-order valence-corrected chi connectivity index (χ4v) is 3.92. The lowest BCUT2D eigenvalue weighted by atomic mass is 9.89. The first-order valence-corrected chi connectivity index (χ1v) is 8.07. The van der Waals surface area contributed by atoms with E-state index < -0.39 is 12.0 Å². The Morgan fingerprint density at radius 2 is 2.05 bits per heavy atom. The molecule has 2 N–H and O–H groups in total. The Labute approximate surface area is 135 Å². The van der Waals surface area contributed by atoms with Gasteiger partial charge in [0.1, 0.15) is 6.04 Å². The molecule has 5 heteroatoms. The molecule has 4 nitrogen and oxygen atoms in total. The van der Waals surface area contributed by atoms with Crippen molar-refractivity contribution in [2.45, 2.75) is 26.3 Å². The molecule has 3 rings (SSSR count). The molecule has 1 aliphatic heterocycles. The zero-order chi connectivity index (χ0) is 15.9. The first kappa shape index (κ1) is 15.4. The van der Waals surface area contributed by atoms with E-state index in [0.29, 0.717) is 16.9 Å². The van der Waals surface area contributed by atoms with Crippen LogP contribution in [0.4, 0.5) is 0 Å². The van der Waals surface area contributed by atoms with E-state index in [1.807, 2.05) is 24.4 Å². The number of hydrogen-bond acceptors (Lipinski definition) is 2. The van der Waals surface area contributed by atoms with Crippen LogP contribution in [-0.4, -0.2) is 34.0 Å². The average Bonchev–Trinajstić information content (AvgIpc) is 2.80. The van der Waals surface area contributed by atoms with E-state index in [1.54, 1.807) is 0 Å². The molecule has 22 heavy (non-hydrogen) atoms. The Balaban J connectivity index is 2.03. The third-order valence-electron chi connectivity index (χ3n) is 4.47. The number of aromatic amines is 1. The fraction of sp³-hybridized carbons (Fsp3) is 0.471. The molecule has 1 aromatic carbocycles. The van der Waals surface area contributed by atoms with Crippen molar-refractivity contribution in [1.82, 2.24) is 9.88 Å². The number of aliphatic carboxylic acids is 1. The Kier molecular flexibility index (Phi) is 4.15. The summed E-state index contributed by atoms with van der Waals surface area (Å²) in [4.78, 5) is 17.2. The Morgan fingerprint density at radius 3 is 2.68 bits per heavy atom. The number of carboxylic acid groups (broad SMARTS) is 1. The predicted molar refractivity (Wildman–Crippen MR) is 88.2 cm³/mol. The minimum Gasteiger partial charge on any atom is -0.480 e. The standard InChI is InChI=1S/C17H21ClN2O2/c1-10-5-11(2)9-20(8-10)16(17(21)22)14-7-19-15-4-3-12(18)6-13(14)15/h3-4,6-7,10-11,16,19H,5,8-9H2,1-2H3,(H,21,22). The van der Waals surface area contributed by atoms with Gasteiger partial charge in [0.25, 0.3) is 0 Å². The molecule has 0 spiro atoms. The Hall–Kier alpha value is -1.52. The minimum absolute atomic E-state index is 0.513. The SMILES string of the molecule is CC1CC(C)CN(C(C(=O)O)c2c[nH]c3ccc(Cl)cc23)C1. The largest absolute Gasteiger partial charge is 0.480 e. The number of fused-ring (bicyclic) bond motifs is 1. The lowest BCUT2D eigenvalue weighted by molar-refractivity contribution is -0.144. The van der Waals surface area contributed by atoms with Crippen LogP contribution in [0.25, 0.3) is 10.9 Å². The molecule has 118 valence electrons. The highest BCUT2D eigenvalue weighted by Crippen LogP contribution is 2.34. The molecular weight excluding hydrogens is 300 g/mol. The molecular formula is C17H21ClN2O2. The minimum atomic E-state index is -0.804. The highest BCUT2D eigenvalue weighted by molar-refractivity contribution is 6.31. The van der Waals surface area contributed by atoms with E-state index in [9.17, 15) is 9.90 Å². The molecule has 3 atom stereocenters. The zero-order valence-electron chi connectivity index (χ0n) is 12.8. The van der Waals surface area contributed by atoms with Crippen LogP contribution >= 0.6 is 11.6 Å². The second kappa shape index (κ2) is 5.94. The van der Waals surface area contributed by atoms with Gasteiger partial charge in [-0.05, 0) is 36.5 Å². The molecule has 1 fully saturated rings. The second-order valence-corrected chi connectivity index (χ2v) is 7.01. The summed E-state index contributed by atoms with van der Waals surface area (Å²) in [5.74, 6) is 0.223. The van der Waals surface area contributed by atoms with Crippen molar-refractivity contribution < 1.29 is 9.90 Å². The number of rotatable bonds is 3. The van der Waals surface area contributed by atoms with Crippen molar-refractivity contribution in [3.63, 3.8) is 0 Å². The number of piperidine rings is 1. The van der Waals surface area contributed by atoms with Crippen LogP contribution in [0.3, 0.4) is 0 Å². The van der Waals surface area contributed by atoms with Crippen LogP contribution in [-0.2, 0) is 4.79 Å². The summed E-state index contributed by atoms with van der Waals surface area (Å²) in [5.41, 5.74) is 1.72. The molecule has 2 heterocycles. The van der Waals surface area contributed by atoms with Crippen LogP contribution < -0.4 is 0 Å². The maximum absolute atomic E-state index is 12.0. The van der Waals surface area contributed by atoms with Gasteiger partial charge in [-0.2, -0.15) is 0 Å². The molecule has 0 aliphatic carbocycles. The molecule has 1 aliphatic rings. The number of hydrogen-bond donors (Lipinski definition) is 2. The zero-order valence-corrected chi connectivity index (χ0v) is 13.6. The van der Waals surface area contributed by atoms with E-state index in [2.05, 4.69) is 23.7 Å². The highest BCUT2D eigenvalue weighted by Gasteiger charge is 2.34. The number of benzene rings is 1. The predicted octanol–water partition coefficient (Wildman–Crippen LogP) is 3.92. The number of nitrogens with one attached hydrogen (secondary N) is 1. The molecule has 0 bridgehead atoms. The number of likely N-dealkylation sites (tertiary alicyclic amines) is 1. The van der Waals surface area contributed by atoms with Crippen molar-refractivity contribution in [2.75, 3.05) is 13.1 Å². The normalized spacial score (nSPS) is 24.5. The summed E-state index contributed by atoms with van der Waals surface area (Å²) >= 11 is 6.09.